The van der Waals surface area contributed by atoms with E-state index in [-0.39, 0.29) is 37.5 Å². The minimum absolute atomic E-state index is 0.110. The zero-order chi connectivity index (χ0) is 44.4. The van der Waals surface area contributed by atoms with Gasteiger partial charge in [0.1, 0.15) is 13.2 Å². The molecule has 61 heavy (non-hydrogen) atoms. The number of hydrogen-bond acceptors (Lipinski definition) is 6. The molecule has 0 amide bonds. The number of carbonyl (C=O) groups excluding carboxylic acids is 3. The van der Waals surface area contributed by atoms with Crippen LogP contribution < -0.4 is 0 Å². The molecule has 0 heterocycles. The summed E-state index contributed by atoms with van der Waals surface area (Å²) in [5.74, 6) is -1.00. The van der Waals surface area contributed by atoms with Gasteiger partial charge in [-0.05, 0) is 103 Å². The Hall–Kier alpha value is -3.41. The van der Waals surface area contributed by atoms with Gasteiger partial charge < -0.3 is 14.2 Å². The Morgan fingerprint density at radius 2 is 0.672 bits per heavy atom. The molecule has 0 radical (unpaired) electrons. The summed E-state index contributed by atoms with van der Waals surface area (Å²) in [5, 5.41) is 0. The van der Waals surface area contributed by atoms with Crippen LogP contribution in [0.2, 0.25) is 0 Å². The van der Waals surface area contributed by atoms with Gasteiger partial charge in [0, 0.05) is 19.3 Å². The van der Waals surface area contributed by atoms with Gasteiger partial charge in [0.2, 0.25) is 0 Å². The van der Waals surface area contributed by atoms with Crippen molar-refractivity contribution in [3.05, 3.63) is 85.1 Å². The summed E-state index contributed by atoms with van der Waals surface area (Å²) < 4.78 is 16.7. The first-order valence-electron chi connectivity index (χ1n) is 25.1. The lowest BCUT2D eigenvalue weighted by molar-refractivity contribution is -0.167. The maximum absolute atomic E-state index is 12.8. The summed E-state index contributed by atoms with van der Waals surface area (Å²) in [4.78, 5) is 37.9. The molecule has 1 unspecified atom stereocenters. The molecule has 348 valence electrons. The molecule has 0 aliphatic rings. The quantitative estimate of drug-likeness (QED) is 0.0200. The Labute approximate surface area is 375 Å². The molecule has 0 fully saturated rings. The molecule has 6 nitrogen and oxygen atoms in total. The lowest BCUT2D eigenvalue weighted by Crippen LogP contribution is -2.30. The molecular weight excluding hydrogens is 757 g/mol. The maximum Gasteiger partial charge on any atom is 0.306 e. The molecule has 0 aliphatic carbocycles. The SMILES string of the molecule is CCCC/C=C\C=C/CCCCCC(=O)OCC(COC(=O)CCC/C=C\C/C=C\C/C=C\C/C=C\CCCCC)OC(=O)CCCCCCCCC/C=C\CCCCCC. The Kier molecular flexibility index (Phi) is 46.5. The van der Waals surface area contributed by atoms with Crippen LogP contribution in [0, 0.1) is 0 Å². The van der Waals surface area contributed by atoms with E-state index in [1.165, 1.54) is 103 Å². The van der Waals surface area contributed by atoms with Gasteiger partial charge >= 0.3 is 17.9 Å². The van der Waals surface area contributed by atoms with Crippen molar-refractivity contribution in [1.82, 2.24) is 0 Å². The van der Waals surface area contributed by atoms with Crippen LogP contribution in [0.5, 0.6) is 0 Å². The molecule has 0 rings (SSSR count). The van der Waals surface area contributed by atoms with Crippen molar-refractivity contribution >= 4 is 17.9 Å². The molecule has 6 heteroatoms. The number of hydrogen-bond donors (Lipinski definition) is 0. The van der Waals surface area contributed by atoms with Crippen molar-refractivity contribution < 1.29 is 28.6 Å². The van der Waals surface area contributed by atoms with E-state index in [1.54, 1.807) is 0 Å². The van der Waals surface area contributed by atoms with Gasteiger partial charge in [0.05, 0.1) is 0 Å². The third kappa shape index (κ3) is 47.5. The van der Waals surface area contributed by atoms with E-state index < -0.39 is 6.10 Å². The molecule has 0 aromatic heterocycles. The van der Waals surface area contributed by atoms with Crippen molar-refractivity contribution in [2.45, 2.75) is 232 Å². The van der Waals surface area contributed by atoms with Gasteiger partial charge in [0.15, 0.2) is 6.10 Å². The van der Waals surface area contributed by atoms with Gasteiger partial charge in [-0.2, -0.15) is 0 Å². The molecule has 0 N–H and O–H groups in total. The fourth-order valence-corrected chi connectivity index (χ4v) is 6.52. The molecule has 0 aromatic carbocycles. The Morgan fingerprint density at radius 3 is 1.20 bits per heavy atom. The zero-order valence-corrected chi connectivity index (χ0v) is 39.7. The molecule has 0 aliphatic heterocycles. The molecular formula is C55H92O6. The average Bonchev–Trinajstić information content (AvgIpc) is 3.26. The molecule has 1 atom stereocenters. The highest BCUT2D eigenvalue weighted by Gasteiger charge is 2.19. The minimum atomic E-state index is -0.810. The highest BCUT2D eigenvalue weighted by Crippen LogP contribution is 2.13. The van der Waals surface area contributed by atoms with Crippen LogP contribution in [-0.2, 0) is 28.6 Å². The number of unbranched alkanes of at least 4 members (excludes halogenated alkanes) is 20. The van der Waals surface area contributed by atoms with E-state index in [4.69, 9.17) is 14.2 Å². The fourth-order valence-electron chi connectivity index (χ4n) is 6.52. The number of rotatable bonds is 44. The van der Waals surface area contributed by atoms with Gasteiger partial charge in [0.25, 0.3) is 0 Å². The summed E-state index contributed by atoms with van der Waals surface area (Å²) in [6.07, 6.45) is 62.8. The maximum atomic E-state index is 12.8. The van der Waals surface area contributed by atoms with E-state index in [9.17, 15) is 14.4 Å². The average molecular weight is 849 g/mol. The normalized spacial score (nSPS) is 12.8. The van der Waals surface area contributed by atoms with Crippen LogP contribution in [0.15, 0.2) is 85.1 Å². The lowest BCUT2D eigenvalue weighted by Gasteiger charge is -2.18. The molecule has 0 aromatic rings. The van der Waals surface area contributed by atoms with Gasteiger partial charge in [-0.1, -0.05) is 189 Å². The molecule has 0 bridgehead atoms. The first-order valence-corrected chi connectivity index (χ1v) is 25.1. The van der Waals surface area contributed by atoms with Gasteiger partial charge in [-0.3, -0.25) is 14.4 Å². The van der Waals surface area contributed by atoms with Crippen LogP contribution in [-0.4, -0.2) is 37.2 Å². The second kappa shape index (κ2) is 49.2. The first-order chi connectivity index (χ1) is 30.0. The van der Waals surface area contributed by atoms with Gasteiger partial charge in [-0.25, -0.2) is 0 Å². The highest BCUT2D eigenvalue weighted by atomic mass is 16.6. The standard InChI is InChI=1S/C55H92O6/c1-4-7-10-13-16-19-22-24-26-27-29-30-33-36-39-42-45-48-54(57)60-51-52(50-59-53(56)47-44-41-38-35-32-21-18-15-12-9-6-3)61-55(58)49-46-43-40-37-34-31-28-25-23-20-17-14-11-8-5-2/h15-16,18-21,23-24,26,29-30,32,36,39,52H,4-14,17,22,25,27-28,31,33-35,37-38,40-51H2,1-3H3/b18-15-,19-16-,23-20-,26-24-,30-29-,32-21-,39-36-. The Bertz CT molecular complexity index is 1200. The first kappa shape index (κ1) is 57.6. The van der Waals surface area contributed by atoms with Crippen molar-refractivity contribution in [3.63, 3.8) is 0 Å². The third-order valence-corrected chi connectivity index (χ3v) is 10.4. The summed E-state index contributed by atoms with van der Waals surface area (Å²) in [5.41, 5.74) is 0. The van der Waals surface area contributed by atoms with Crippen LogP contribution in [0.1, 0.15) is 226 Å². The minimum Gasteiger partial charge on any atom is -0.462 e. The number of ether oxygens (including phenoxy) is 3. The number of allylic oxidation sites excluding steroid dienone is 14. The van der Waals surface area contributed by atoms with Gasteiger partial charge in [-0.15, -0.1) is 0 Å². The second-order valence-electron chi connectivity index (χ2n) is 16.4. The van der Waals surface area contributed by atoms with Crippen LogP contribution in [0.4, 0.5) is 0 Å². The molecule has 0 spiro atoms. The van der Waals surface area contributed by atoms with E-state index in [2.05, 4.69) is 106 Å². The number of esters is 3. The topological polar surface area (TPSA) is 78.9 Å². The van der Waals surface area contributed by atoms with Crippen molar-refractivity contribution in [1.29, 1.82) is 0 Å². The summed E-state index contributed by atoms with van der Waals surface area (Å²) in [6.45, 7) is 6.46. The van der Waals surface area contributed by atoms with E-state index in [1.807, 2.05) is 0 Å². The van der Waals surface area contributed by atoms with Crippen LogP contribution in [0.3, 0.4) is 0 Å². The monoisotopic (exact) mass is 849 g/mol. The predicted molar refractivity (Wildman–Crippen MR) is 261 cm³/mol. The van der Waals surface area contributed by atoms with Crippen LogP contribution in [0.25, 0.3) is 0 Å². The van der Waals surface area contributed by atoms with Crippen molar-refractivity contribution in [2.75, 3.05) is 13.2 Å². The molecule has 0 saturated carbocycles. The summed E-state index contributed by atoms with van der Waals surface area (Å²) in [7, 11) is 0. The largest absolute Gasteiger partial charge is 0.462 e. The predicted octanol–water partition coefficient (Wildman–Crippen LogP) is 16.4. The fraction of sp³-hybridized carbons (Fsp3) is 0.691. The lowest BCUT2D eigenvalue weighted by atomic mass is 10.1. The smallest absolute Gasteiger partial charge is 0.306 e. The zero-order valence-electron chi connectivity index (χ0n) is 39.7. The highest BCUT2D eigenvalue weighted by molar-refractivity contribution is 5.71. The third-order valence-electron chi connectivity index (χ3n) is 10.4. The van der Waals surface area contributed by atoms with Crippen LogP contribution >= 0.6 is 0 Å². The van der Waals surface area contributed by atoms with Crippen molar-refractivity contribution in [2.24, 2.45) is 0 Å². The van der Waals surface area contributed by atoms with E-state index in [0.29, 0.717) is 19.3 Å². The van der Waals surface area contributed by atoms with E-state index in [0.717, 1.165) is 77.0 Å². The number of carbonyl (C=O) groups is 3. The van der Waals surface area contributed by atoms with E-state index >= 15 is 0 Å². The Morgan fingerprint density at radius 1 is 0.344 bits per heavy atom. The summed E-state index contributed by atoms with van der Waals surface area (Å²) >= 11 is 0. The van der Waals surface area contributed by atoms with Crippen molar-refractivity contribution in [3.8, 4) is 0 Å². The molecule has 0 saturated heterocycles. The summed E-state index contributed by atoms with van der Waals surface area (Å²) in [6, 6.07) is 0. The Balaban J connectivity index is 4.50. The second-order valence-corrected chi connectivity index (χ2v) is 16.4.